The third-order valence-corrected chi connectivity index (χ3v) is 9.01. The molecule has 42 heavy (non-hydrogen) atoms. The van der Waals surface area contributed by atoms with E-state index in [0.717, 1.165) is 80.5 Å². The number of anilines is 1. The summed E-state index contributed by atoms with van der Waals surface area (Å²) >= 11 is 6.27. The largest absolute Gasteiger partial charge is 0.496 e. The molecule has 0 unspecified atom stereocenters. The molecule has 3 N–H and O–H groups in total. The predicted octanol–water partition coefficient (Wildman–Crippen LogP) is 5.98. The highest BCUT2D eigenvalue weighted by atomic mass is 35.5. The summed E-state index contributed by atoms with van der Waals surface area (Å²) in [5.74, 6) is 0.114. The maximum Gasteiger partial charge on any atom is 0.412 e. The molecule has 3 heterocycles. The first-order valence-corrected chi connectivity index (χ1v) is 14.9. The number of rotatable bonds is 11. The van der Waals surface area contributed by atoms with Gasteiger partial charge in [0.05, 0.1) is 35.5 Å². The molecule has 3 aromatic rings. The standard InChI is InChI=1S/C33H38ClN3O5/c1-42-30-21-27(28(34)20-25(30)22-38)31(39)35-15-6-5-7-23-10-11-26(24-8-3-2-4-9-24)29(19-23)37(32(40)41)33-12-16-36(17-13-33)18-14-33/h2-4,8-11,19-21,38H,5-7,12-18,22H2,1H3,(H,35,39)(H,40,41). The van der Waals surface area contributed by atoms with Gasteiger partial charge >= 0.3 is 6.09 Å². The Balaban J connectivity index is 1.29. The predicted molar refractivity (Wildman–Crippen MR) is 165 cm³/mol. The lowest BCUT2D eigenvalue weighted by Crippen LogP contribution is -2.62. The molecule has 0 aromatic heterocycles. The van der Waals surface area contributed by atoms with E-state index in [0.29, 0.717) is 23.4 Å². The van der Waals surface area contributed by atoms with E-state index in [9.17, 15) is 19.8 Å². The SMILES string of the molecule is COc1cc(C(=O)NCCCCc2ccc(-c3ccccc3)c(N(C(=O)O)C34CCN(CC3)CC4)c2)c(Cl)cc1CO. The van der Waals surface area contributed by atoms with Gasteiger partial charge < -0.3 is 25.2 Å². The van der Waals surface area contributed by atoms with Crippen molar-refractivity contribution in [2.75, 3.05) is 38.2 Å². The fraction of sp³-hybridized carbons (Fsp3) is 0.394. The fourth-order valence-corrected chi connectivity index (χ4v) is 6.59. The minimum absolute atomic E-state index is 0.233. The minimum Gasteiger partial charge on any atom is -0.496 e. The summed E-state index contributed by atoms with van der Waals surface area (Å²) in [4.78, 5) is 29.8. The molecule has 3 aliphatic rings. The average Bonchev–Trinajstić information content (AvgIpc) is 3.01. The van der Waals surface area contributed by atoms with E-state index in [1.807, 2.05) is 30.3 Å². The molecule has 2 bridgehead atoms. The van der Waals surface area contributed by atoms with Crippen LogP contribution in [-0.2, 0) is 13.0 Å². The van der Waals surface area contributed by atoms with E-state index < -0.39 is 6.09 Å². The van der Waals surface area contributed by atoms with Gasteiger partial charge in [-0.15, -0.1) is 0 Å². The molecule has 3 fully saturated rings. The van der Waals surface area contributed by atoms with Gasteiger partial charge in [-0.1, -0.05) is 54.1 Å². The number of hydrogen-bond acceptors (Lipinski definition) is 5. The lowest BCUT2D eigenvalue weighted by molar-refractivity contribution is 0.0783. The average molecular weight is 592 g/mol. The summed E-state index contributed by atoms with van der Waals surface area (Å²) in [7, 11) is 1.48. The fourth-order valence-electron chi connectivity index (χ4n) is 6.32. The van der Waals surface area contributed by atoms with Crippen LogP contribution in [0.25, 0.3) is 11.1 Å². The van der Waals surface area contributed by atoms with Crippen molar-refractivity contribution in [1.82, 2.24) is 10.2 Å². The second-order valence-corrected chi connectivity index (χ2v) is 11.6. The number of nitrogens with one attached hydrogen (secondary N) is 1. The van der Waals surface area contributed by atoms with Crippen LogP contribution in [0.4, 0.5) is 10.5 Å². The number of carbonyl (C=O) groups is 2. The number of methoxy groups -OCH3 is 1. The Hall–Kier alpha value is -3.59. The first-order chi connectivity index (χ1) is 20.3. The molecule has 2 amide bonds. The van der Waals surface area contributed by atoms with Crippen molar-refractivity contribution in [1.29, 1.82) is 0 Å². The van der Waals surface area contributed by atoms with Gasteiger partial charge in [0.15, 0.2) is 0 Å². The van der Waals surface area contributed by atoms with Crippen molar-refractivity contribution < 1.29 is 24.5 Å². The number of fused-ring (bicyclic) bond motifs is 3. The zero-order valence-corrected chi connectivity index (χ0v) is 24.7. The quantitative estimate of drug-likeness (QED) is 0.237. The second kappa shape index (κ2) is 13.2. The molecular formula is C33H38ClN3O5. The van der Waals surface area contributed by atoms with E-state index >= 15 is 0 Å². The van der Waals surface area contributed by atoms with Crippen molar-refractivity contribution in [2.24, 2.45) is 0 Å². The molecule has 0 spiro atoms. The number of carbonyl (C=O) groups excluding carboxylic acids is 1. The van der Waals surface area contributed by atoms with Gasteiger partial charge in [0.25, 0.3) is 5.91 Å². The van der Waals surface area contributed by atoms with Gasteiger partial charge in [-0.2, -0.15) is 0 Å². The van der Waals surface area contributed by atoms with Crippen LogP contribution < -0.4 is 15.0 Å². The molecule has 8 nitrogen and oxygen atoms in total. The Kier molecular flexibility index (Phi) is 9.36. The van der Waals surface area contributed by atoms with Crippen LogP contribution in [0.3, 0.4) is 0 Å². The molecule has 0 aliphatic carbocycles. The van der Waals surface area contributed by atoms with Crippen molar-refractivity contribution in [2.45, 2.75) is 50.7 Å². The number of carboxylic acid groups (broad SMARTS) is 1. The number of hydrogen-bond donors (Lipinski definition) is 3. The number of nitrogens with zero attached hydrogens (tertiary/aromatic N) is 2. The Morgan fingerprint density at radius 1 is 1.02 bits per heavy atom. The molecule has 9 heteroatoms. The molecule has 3 aromatic carbocycles. The van der Waals surface area contributed by atoms with Gasteiger partial charge in [-0.05, 0) is 67.9 Å². The Morgan fingerprint density at radius 3 is 2.38 bits per heavy atom. The lowest BCUT2D eigenvalue weighted by Gasteiger charge is -2.53. The molecule has 222 valence electrons. The van der Waals surface area contributed by atoms with E-state index in [1.165, 1.54) is 7.11 Å². The van der Waals surface area contributed by atoms with Gasteiger partial charge in [0.1, 0.15) is 5.75 Å². The molecular weight excluding hydrogens is 554 g/mol. The Labute approximate surface area is 251 Å². The highest BCUT2D eigenvalue weighted by Gasteiger charge is 2.47. The lowest BCUT2D eigenvalue weighted by atomic mass is 9.78. The number of aryl methyl sites for hydroxylation is 1. The summed E-state index contributed by atoms with van der Waals surface area (Å²) in [5.41, 5.74) is 4.19. The molecule has 0 radical (unpaired) electrons. The highest BCUT2D eigenvalue weighted by Crippen LogP contribution is 2.43. The number of ether oxygens (including phenoxy) is 1. The topological polar surface area (TPSA) is 102 Å². The molecule has 6 rings (SSSR count). The zero-order chi connectivity index (χ0) is 29.7. The maximum absolute atomic E-state index is 12.9. The van der Waals surface area contributed by atoms with Crippen LogP contribution in [0, 0.1) is 0 Å². The number of halogens is 1. The van der Waals surface area contributed by atoms with Gasteiger partial charge in [-0.3, -0.25) is 9.69 Å². The number of aliphatic hydroxyl groups is 1. The summed E-state index contributed by atoms with van der Waals surface area (Å²) < 4.78 is 5.27. The number of aliphatic hydroxyl groups excluding tert-OH is 1. The van der Waals surface area contributed by atoms with Crippen LogP contribution in [0.1, 0.15) is 53.6 Å². The normalized spacial score (nSPS) is 19.4. The van der Waals surface area contributed by atoms with E-state index in [-0.39, 0.29) is 23.1 Å². The first-order valence-electron chi connectivity index (χ1n) is 14.5. The van der Waals surface area contributed by atoms with Crippen molar-refractivity contribution in [3.05, 3.63) is 82.4 Å². The van der Waals surface area contributed by atoms with Crippen molar-refractivity contribution >= 4 is 29.3 Å². The van der Waals surface area contributed by atoms with Crippen LogP contribution in [0.15, 0.2) is 60.7 Å². The Bertz CT molecular complexity index is 1410. The third-order valence-electron chi connectivity index (χ3n) is 8.70. The van der Waals surface area contributed by atoms with Gasteiger partial charge in [0, 0.05) is 37.3 Å². The van der Waals surface area contributed by atoms with Crippen LogP contribution in [-0.4, -0.2) is 65.9 Å². The van der Waals surface area contributed by atoms with E-state index in [1.54, 1.807) is 17.0 Å². The van der Waals surface area contributed by atoms with Gasteiger partial charge in [0.2, 0.25) is 0 Å². The molecule has 0 atom stereocenters. The summed E-state index contributed by atoms with van der Waals surface area (Å²) in [6.07, 6.45) is 3.95. The Morgan fingerprint density at radius 2 is 1.74 bits per heavy atom. The molecule has 3 saturated heterocycles. The first kappa shape index (κ1) is 29.9. The van der Waals surface area contributed by atoms with Crippen LogP contribution >= 0.6 is 11.6 Å². The van der Waals surface area contributed by atoms with E-state index in [4.69, 9.17) is 16.3 Å². The van der Waals surface area contributed by atoms with Crippen molar-refractivity contribution in [3.63, 3.8) is 0 Å². The zero-order valence-electron chi connectivity index (χ0n) is 23.9. The van der Waals surface area contributed by atoms with Crippen molar-refractivity contribution in [3.8, 4) is 16.9 Å². The van der Waals surface area contributed by atoms with Crippen LogP contribution in [0.5, 0.6) is 5.75 Å². The van der Waals surface area contributed by atoms with Gasteiger partial charge in [-0.25, -0.2) is 4.79 Å². The number of unbranched alkanes of at least 4 members (excludes halogenated alkanes) is 1. The summed E-state index contributed by atoms with van der Waals surface area (Å²) in [6, 6.07) is 19.3. The molecule has 3 aliphatic heterocycles. The third kappa shape index (κ3) is 6.26. The number of piperidine rings is 3. The minimum atomic E-state index is -0.898. The summed E-state index contributed by atoms with van der Waals surface area (Å²) in [6.45, 7) is 3.02. The van der Waals surface area contributed by atoms with Crippen LogP contribution in [0.2, 0.25) is 5.02 Å². The molecule has 0 saturated carbocycles. The number of benzene rings is 3. The highest BCUT2D eigenvalue weighted by molar-refractivity contribution is 6.34. The summed E-state index contributed by atoms with van der Waals surface area (Å²) in [5, 5.41) is 23.2. The smallest absolute Gasteiger partial charge is 0.412 e. The maximum atomic E-state index is 12.9. The van der Waals surface area contributed by atoms with E-state index in [2.05, 4.69) is 28.4 Å². The second-order valence-electron chi connectivity index (χ2n) is 11.2. The monoisotopic (exact) mass is 591 g/mol. The number of amides is 2.